The fourth-order valence-electron chi connectivity index (χ4n) is 3.39. The molecule has 2 aromatic carbocycles. The zero-order valence-electron chi connectivity index (χ0n) is 16.1. The van der Waals surface area contributed by atoms with Gasteiger partial charge < -0.3 is 15.0 Å². The van der Waals surface area contributed by atoms with E-state index in [2.05, 4.69) is 5.32 Å². The number of carbonyl (C=O) groups excluding carboxylic acids is 3. The van der Waals surface area contributed by atoms with E-state index in [0.29, 0.717) is 11.4 Å². The molecule has 0 saturated carbocycles. The van der Waals surface area contributed by atoms with Crippen LogP contribution in [-0.4, -0.2) is 30.4 Å². The first-order chi connectivity index (χ1) is 13.5. The highest BCUT2D eigenvalue weighted by Crippen LogP contribution is 2.31. The molecule has 2 aromatic rings. The summed E-state index contributed by atoms with van der Waals surface area (Å²) in [6, 6.07) is 16.5. The number of esters is 1. The zero-order chi connectivity index (χ0) is 20.1. The van der Waals surface area contributed by atoms with Gasteiger partial charge in [0.15, 0.2) is 6.61 Å². The van der Waals surface area contributed by atoms with E-state index in [1.54, 1.807) is 31.2 Å². The van der Waals surface area contributed by atoms with Crippen molar-refractivity contribution in [3.8, 4) is 0 Å². The Morgan fingerprint density at radius 3 is 2.57 bits per heavy atom. The van der Waals surface area contributed by atoms with E-state index in [1.165, 1.54) is 4.90 Å². The first-order valence-electron chi connectivity index (χ1n) is 9.37. The monoisotopic (exact) mass is 380 g/mol. The number of nitrogens with zero attached hydrogens (tertiary/aromatic N) is 1. The zero-order valence-corrected chi connectivity index (χ0v) is 16.1. The molecule has 0 aromatic heterocycles. The quantitative estimate of drug-likeness (QED) is 0.806. The molecule has 0 fully saturated rings. The number of hydrogen-bond acceptors (Lipinski definition) is 4. The molecule has 2 atom stereocenters. The van der Waals surface area contributed by atoms with Crippen molar-refractivity contribution in [1.29, 1.82) is 0 Å². The van der Waals surface area contributed by atoms with Crippen LogP contribution >= 0.6 is 0 Å². The smallest absolute Gasteiger partial charge is 0.306 e. The van der Waals surface area contributed by atoms with E-state index in [0.717, 1.165) is 5.56 Å². The molecule has 3 rings (SSSR count). The number of ether oxygens (including phenoxy) is 1. The highest BCUT2D eigenvalue weighted by molar-refractivity contribution is 6.05. The van der Waals surface area contributed by atoms with Crippen LogP contribution in [-0.2, 0) is 19.1 Å². The molecule has 1 N–H and O–H groups in total. The van der Waals surface area contributed by atoms with Gasteiger partial charge in [-0.15, -0.1) is 0 Å². The summed E-state index contributed by atoms with van der Waals surface area (Å²) in [5.41, 5.74) is 2.24. The number of hydrogen-bond donors (Lipinski definition) is 1. The van der Waals surface area contributed by atoms with Crippen LogP contribution in [0.3, 0.4) is 0 Å². The third-order valence-corrected chi connectivity index (χ3v) is 4.83. The van der Waals surface area contributed by atoms with E-state index in [9.17, 15) is 14.4 Å². The number of rotatable bonds is 5. The minimum Gasteiger partial charge on any atom is -0.456 e. The van der Waals surface area contributed by atoms with E-state index >= 15 is 0 Å². The molecular formula is C22H24N2O4. The fourth-order valence-corrected chi connectivity index (χ4v) is 3.39. The van der Waals surface area contributed by atoms with Crippen LogP contribution in [0.25, 0.3) is 0 Å². The SMILES string of the molecule is C[C@@H](CC(=O)OCC(=O)N1c2ccccc2NC(=O)C[C@@H]1C)c1ccccc1. The average molecular weight is 380 g/mol. The number of benzene rings is 2. The Bertz CT molecular complexity index is 866. The second-order valence-electron chi connectivity index (χ2n) is 7.06. The molecule has 146 valence electrons. The van der Waals surface area contributed by atoms with Crippen molar-refractivity contribution in [3.63, 3.8) is 0 Å². The van der Waals surface area contributed by atoms with Crippen molar-refractivity contribution in [3.05, 3.63) is 60.2 Å². The molecule has 1 aliphatic heterocycles. The lowest BCUT2D eigenvalue weighted by Crippen LogP contribution is -2.41. The molecule has 0 unspecified atom stereocenters. The van der Waals surface area contributed by atoms with Gasteiger partial charge in [-0.25, -0.2) is 0 Å². The van der Waals surface area contributed by atoms with Gasteiger partial charge in [0.05, 0.1) is 17.8 Å². The van der Waals surface area contributed by atoms with Crippen LogP contribution in [0.1, 0.15) is 38.2 Å². The van der Waals surface area contributed by atoms with Crippen molar-refractivity contribution in [2.75, 3.05) is 16.8 Å². The van der Waals surface area contributed by atoms with Crippen LogP contribution in [0.15, 0.2) is 54.6 Å². The molecule has 0 aliphatic carbocycles. The van der Waals surface area contributed by atoms with E-state index in [4.69, 9.17) is 4.74 Å². The van der Waals surface area contributed by atoms with Gasteiger partial charge in [-0.1, -0.05) is 49.4 Å². The van der Waals surface area contributed by atoms with Gasteiger partial charge >= 0.3 is 5.97 Å². The number of nitrogens with one attached hydrogen (secondary N) is 1. The standard InChI is InChI=1S/C22H24N2O4/c1-15(17-8-4-3-5-9-17)12-22(27)28-14-21(26)24-16(2)13-20(25)23-18-10-6-7-11-19(18)24/h3-11,15-16H,12-14H2,1-2H3,(H,23,25)/t15-,16-/m0/s1. The van der Waals surface area contributed by atoms with Crippen molar-refractivity contribution in [2.24, 2.45) is 0 Å². The normalized spacial score (nSPS) is 17.1. The Labute approximate surface area is 164 Å². The summed E-state index contributed by atoms with van der Waals surface area (Å²) in [6.45, 7) is 3.40. The Balaban J connectivity index is 1.64. The number of para-hydroxylation sites is 2. The molecule has 1 heterocycles. The molecule has 6 nitrogen and oxygen atoms in total. The lowest BCUT2D eigenvalue weighted by atomic mass is 9.98. The Morgan fingerprint density at radius 1 is 1.14 bits per heavy atom. The minimum atomic E-state index is -0.422. The summed E-state index contributed by atoms with van der Waals surface area (Å²) >= 11 is 0. The summed E-state index contributed by atoms with van der Waals surface area (Å²) in [4.78, 5) is 38.5. The number of amides is 2. The van der Waals surface area contributed by atoms with Crippen molar-refractivity contribution >= 4 is 29.2 Å². The fraction of sp³-hybridized carbons (Fsp3) is 0.318. The van der Waals surface area contributed by atoms with Gasteiger partial charge in [0.25, 0.3) is 5.91 Å². The highest BCUT2D eigenvalue weighted by atomic mass is 16.5. The lowest BCUT2D eigenvalue weighted by Gasteiger charge is -2.27. The second-order valence-corrected chi connectivity index (χ2v) is 7.06. The van der Waals surface area contributed by atoms with Gasteiger partial charge in [0, 0.05) is 12.5 Å². The molecular weight excluding hydrogens is 356 g/mol. The molecule has 0 bridgehead atoms. The maximum Gasteiger partial charge on any atom is 0.306 e. The molecule has 2 amide bonds. The van der Waals surface area contributed by atoms with E-state index in [1.807, 2.05) is 37.3 Å². The summed E-state index contributed by atoms with van der Waals surface area (Å²) in [5.74, 6) is -0.917. The predicted molar refractivity (Wildman–Crippen MR) is 107 cm³/mol. The third kappa shape index (κ3) is 4.57. The van der Waals surface area contributed by atoms with Crippen LogP contribution in [0, 0.1) is 0 Å². The highest BCUT2D eigenvalue weighted by Gasteiger charge is 2.30. The maximum atomic E-state index is 12.8. The van der Waals surface area contributed by atoms with Crippen molar-refractivity contribution in [1.82, 2.24) is 0 Å². The van der Waals surface area contributed by atoms with Gasteiger partial charge in [0.1, 0.15) is 0 Å². The van der Waals surface area contributed by atoms with Crippen molar-refractivity contribution < 1.29 is 19.1 Å². The summed E-state index contributed by atoms with van der Waals surface area (Å²) in [6.07, 6.45) is 0.378. The lowest BCUT2D eigenvalue weighted by molar-refractivity contribution is -0.148. The average Bonchev–Trinajstić information content (AvgIpc) is 2.81. The Hall–Kier alpha value is -3.15. The Kier molecular flexibility index (Phi) is 6.09. The first-order valence-corrected chi connectivity index (χ1v) is 9.37. The minimum absolute atomic E-state index is 0.00320. The molecule has 0 radical (unpaired) electrons. The summed E-state index contributed by atoms with van der Waals surface area (Å²) < 4.78 is 5.24. The van der Waals surface area contributed by atoms with Crippen LogP contribution in [0.2, 0.25) is 0 Å². The molecule has 1 aliphatic rings. The molecule has 0 spiro atoms. The largest absolute Gasteiger partial charge is 0.456 e. The number of fused-ring (bicyclic) bond motifs is 1. The third-order valence-electron chi connectivity index (χ3n) is 4.83. The van der Waals surface area contributed by atoms with Gasteiger partial charge in [-0.2, -0.15) is 0 Å². The first kappa shape index (κ1) is 19.6. The number of carbonyl (C=O) groups is 3. The summed E-state index contributed by atoms with van der Waals surface area (Å²) in [5, 5.41) is 2.81. The molecule has 6 heteroatoms. The predicted octanol–water partition coefficient (Wildman–Crippen LogP) is 3.49. The van der Waals surface area contributed by atoms with Crippen molar-refractivity contribution in [2.45, 2.75) is 38.6 Å². The topological polar surface area (TPSA) is 75.7 Å². The van der Waals surface area contributed by atoms with Crippen LogP contribution in [0.5, 0.6) is 0 Å². The van der Waals surface area contributed by atoms with Gasteiger partial charge in [0.2, 0.25) is 5.91 Å². The van der Waals surface area contributed by atoms with Gasteiger partial charge in [-0.05, 0) is 30.5 Å². The number of anilines is 2. The van der Waals surface area contributed by atoms with Crippen LogP contribution in [0.4, 0.5) is 11.4 Å². The van der Waals surface area contributed by atoms with Crippen LogP contribution < -0.4 is 10.2 Å². The maximum absolute atomic E-state index is 12.8. The van der Waals surface area contributed by atoms with E-state index < -0.39 is 5.97 Å². The van der Waals surface area contributed by atoms with E-state index in [-0.39, 0.29) is 43.2 Å². The molecule has 28 heavy (non-hydrogen) atoms. The molecule has 0 saturated heterocycles. The van der Waals surface area contributed by atoms with Gasteiger partial charge in [-0.3, -0.25) is 14.4 Å². The Morgan fingerprint density at radius 2 is 1.82 bits per heavy atom. The second kappa shape index (κ2) is 8.69. The summed E-state index contributed by atoms with van der Waals surface area (Å²) in [7, 11) is 0.